The first-order chi connectivity index (χ1) is 28.1. The molecule has 0 amide bonds. The Bertz CT molecular complexity index is 2720. The molecule has 0 radical (unpaired) electrons. The predicted octanol–water partition coefficient (Wildman–Crippen LogP) is 12.7. The van der Waals surface area contributed by atoms with Crippen LogP contribution in [-0.2, 0) is 12.0 Å². The molecular formula is C54H42N2O. The minimum absolute atomic E-state index is 0.0108. The summed E-state index contributed by atoms with van der Waals surface area (Å²) in [5.41, 5.74) is 22.7. The minimum Gasteiger partial charge on any atom is -0.457 e. The SMILES string of the molecule is CN(Cc1cccc(-c2ccc(-c3ccc4c(c3)C3(c5ccccc5Oc5ccccc53)c3ccccc3-4)cc2)c1)C(/C=C(\N)c1ccccc1)c1ccccc1. The highest BCUT2D eigenvalue weighted by atomic mass is 16.5. The van der Waals surface area contributed by atoms with Crippen molar-refractivity contribution in [3.05, 3.63) is 245 Å². The third kappa shape index (κ3) is 5.96. The highest BCUT2D eigenvalue weighted by Crippen LogP contribution is 2.62. The van der Waals surface area contributed by atoms with E-state index in [4.69, 9.17) is 10.5 Å². The molecule has 2 aliphatic rings. The maximum absolute atomic E-state index is 6.67. The van der Waals surface area contributed by atoms with Crippen molar-refractivity contribution in [2.24, 2.45) is 5.73 Å². The van der Waals surface area contributed by atoms with E-state index in [1.54, 1.807) is 0 Å². The molecule has 3 heteroatoms. The van der Waals surface area contributed by atoms with E-state index in [9.17, 15) is 0 Å². The fraction of sp³-hybridized carbons (Fsp3) is 0.0741. The predicted molar refractivity (Wildman–Crippen MR) is 234 cm³/mol. The fourth-order valence-corrected chi connectivity index (χ4v) is 9.15. The molecule has 0 aromatic heterocycles. The van der Waals surface area contributed by atoms with Crippen molar-refractivity contribution in [1.82, 2.24) is 4.90 Å². The maximum Gasteiger partial charge on any atom is 0.132 e. The zero-order valence-corrected chi connectivity index (χ0v) is 31.8. The van der Waals surface area contributed by atoms with Crippen LogP contribution in [0, 0.1) is 0 Å². The van der Waals surface area contributed by atoms with Crippen LogP contribution < -0.4 is 10.5 Å². The molecule has 1 aliphatic heterocycles. The van der Waals surface area contributed by atoms with Crippen LogP contribution >= 0.6 is 0 Å². The Labute approximate surface area is 335 Å². The quantitative estimate of drug-likeness (QED) is 0.169. The number of nitrogens with zero attached hydrogens (tertiary/aromatic N) is 1. The van der Waals surface area contributed by atoms with Crippen LogP contribution in [0.15, 0.2) is 206 Å². The largest absolute Gasteiger partial charge is 0.457 e. The lowest BCUT2D eigenvalue weighted by Crippen LogP contribution is -2.32. The molecule has 1 spiro atoms. The summed E-state index contributed by atoms with van der Waals surface area (Å²) in [6.07, 6.45) is 2.17. The lowest BCUT2D eigenvalue weighted by molar-refractivity contribution is 0.278. The summed E-state index contributed by atoms with van der Waals surface area (Å²) in [6, 6.07) is 71.7. The van der Waals surface area contributed by atoms with Crippen molar-refractivity contribution >= 4 is 5.70 Å². The molecule has 2 N–H and O–H groups in total. The molecule has 3 nitrogen and oxygen atoms in total. The van der Waals surface area contributed by atoms with Crippen LogP contribution in [0.2, 0.25) is 0 Å². The molecule has 1 aliphatic carbocycles. The zero-order chi connectivity index (χ0) is 38.3. The molecule has 1 unspecified atom stereocenters. The summed E-state index contributed by atoms with van der Waals surface area (Å²) in [6.45, 7) is 0.764. The number of likely N-dealkylation sites (N-methyl/N-ethyl adjacent to an activating group) is 1. The van der Waals surface area contributed by atoms with Gasteiger partial charge in [-0.05, 0) is 98.6 Å². The molecule has 0 saturated carbocycles. The summed E-state index contributed by atoms with van der Waals surface area (Å²) in [7, 11) is 2.17. The summed E-state index contributed by atoms with van der Waals surface area (Å²) < 4.78 is 6.55. The fourth-order valence-electron chi connectivity index (χ4n) is 9.15. The Kier molecular flexibility index (Phi) is 8.66. The van der Waals surface area contributed by atoms with Crippen molar-refractivity contribution in [1.29, 1.82) is 0 Å². The van der Waals surface area contributed by atoms with E-state index in [2.05, 4.69) is 200 Å². The molecule has 1 atom stereocenters. The monoisotopic (exact) mass is 734 g/mol. The van der Waals surface area contributed by atoms with Gasteiger partial charge in [-0.3, -0.25) is 4.90 Å². The minimum atomic E-state index is -0.483. The number of nitrogens with two attached hydrogens (primary N) is 1. The smallest absolute Gasteiger partial charge is 0.132 e. The van der Waals surface area contributed by atoms with Crippen molar-refractivity contribution in [2.45, 2.75) is 18.0 Å². The Balaban J connectivity index is 0.971. The third-order valence-electron chi connectivity index (χ3n) is 11.8. The van der Waals surface area contributed by atoms with E-state index < -0.39 is 5.41 Å². The summed E-state index contributed by atoms with van der Waals surface area (Å²) in [4.78, 5) is 2.36. The van der Waals surface area contributed by atoms with Crippen molar-refractivity contribution in [2.75, 3.05) is 7.05 Å². The number of hydrogen-bond acceptors (Lipinski definition) is 3. The van der Waals surface area contributed by atoms with Crippen molar-refractivity contribution in [3.63, 3.8) is 0 Å². The van der Waals surface area contributed by atoms with Crippen LogP contribution in [0.25, 0.3) is 39.1 Å². The van der Waals surface area contributed by atoms with Crippen LogP contribution in [0.3, 0.4) is 0 Å². The molecule has 0 saturated heterocycles. The summed E-state index contributed by atoms with van der Waals surface area (Å²) >= 11 is 0. The normalized spacial score (nSPS) is 14.0. The van der Waals surface area contributed by atoms with E-state index >= 15 is 0 Å². The Morgan fingerprint density at radius 1 is 0.526 bits per heavy atom. The van der Waals surface area contributed by atoms with Crippen molar-refractivity contribution in [3.8, 4) is 44.9 Å². The number of fused-ring (bicyclic) bond motifs is 9. The van der Waals surface area contributed by atoms with E-state index in [0.717, 1.165) is 29.3 Å². The van der Waals surface area contributed by atoms with Gasteiger partial charge in [0.15, 0.2) is 0 Å². The van der Waals surface area contributed by atoms with Gasteiger partial charge in [-0.25, -0.2) is 0 Å². The number of rotatable bonds is 8. The lowest BCUT2D eigenvalue weighted by atomic mass is 9.66. The molecule has 274 valence electrons. The van der Waals surface area contributed by atoms with Gasteiger partial charge in [0.25, 0.3) is 0 Å². The highest BCUT2D eigenvalue weighted by molar-refractivity contribution is 5.90. The standard InChI is InChI=1S/C54H42N2O/c1-56(51(41-18-6-3-7-19-41)35-50(55)40-16-4-2-5-17-40)36-37-15-14-20-42(33-37)38-27-29-39(30-28-38)43-31-32-45-44-21-8-9-22-46(44)54(49(45)34-43)47-23-10-12-25-52(47)57-53-26-13-11-24-48(53)54/h2-35,51H,36,55H2,1H3/b50-35-. The molecule has 1 heterocycles. The first kappa shape index (κ1) is 34.5. The van der Waals surface area contributed by atoms with Gasteiger partial charge < -0.3 is 10.5 Å². The number of para-hydroxylation sites is 2. The van der Waals surface area contributed by atoms with Gasteiger partial charge in [0, 0.05) is 23.4 Å². The molecular weight excluding hydrogens is 693 g/mol. The topological polar surface area (TPSA) is 38.5 Å². The second-order valence-corrected chi connectivity index (χ2v) is 15.2. The highest BCUT2D eigenvalue weighted by Gasteiger charge is 2.51. The van der Waals surface area contributed by atoms with E-state index in [1.807, 2.05) is 18.2 Å². The van der Waals surface area contributed by atoms with Crippen LogP contribution in [0.4, 0.5) is 0 Å². The number of benzene rings is 8. The second-order valence-electron chi connectivity index (χ2n) is 15.2. The van der Waals surface area contributed by atoms with Gasteiger partial charge in [-0.15, -0.1) is 0 Å². The van der Waals surface area contributed by atoms with Gasteiger partial charge in [0.1, 0.15) is 11.5 Å². The molecule has 0 bridgehead atoms. The molecule has 8 aromatic carbocycles. The first-order valence-electron chi connectivity index (χ1n) is 19.7. The van der Waals surface area contributed by atoms with Gasteiger partial charge in [0.2, 0.25) is 0 Å². The molecule has 8 aromatic rings. The first-order valence-corrected chi connectivity index (χ1v) is 19.7. The second kappa shape index (κ2) is 14.3. The van der Waals surface area contributed by atoms with Crippen LogP contribution in [-0.4, -0.2) is 11.9 Å². The number of ether oxygens (including phenoxy) is 1. The zero-order valence-electron chi connectivity index (χ0n) is 31.8. The summed E-state index contributed by atoms with van der Waals surface area (Å²) in [5, 5.41) is 0. The van der Waals surface area contributed by atoms with E-state index in [1.165, 1.54) is 66.8 Å². The van der Waals surface area contributed by atoms with E-state index in [0.29, 0.717) is 0 Å². The molecule has 57 heavy (non-hydrogen) atoms. The van der Waals surface area contributed by atoms with Crippen molar-refractivity contribution < 1.29 is 4.74 Å². The Morgan fingerprint density at radius 2 is 1.07 bits per heavy atom. The average molecular weight is 735 g/mol. The Hall–Kier alpha value is -6.94. The average Bonchev–Trinajstić information content (AvgIpc) is 3.56. The molecule has 10 rings (SSSR count). The summed E-state index contributed by atoms with van der Waals surface area (Å²) in [5.74, 6) is 1.82. The molecule has 0 fully saturated rings. The van der Waals surface area contributed by atoms with Gasteiger partial charge in [-0.1, -0.05) is 176 Å². The third-order valence-corrected chi connectivity index (χ3v) is 11.8. The van der Waals surface area contributed by atoms with Crippen LogP contribution in [0.5, 0.6) is 11.5 Å². The van der Waals surface area contributed by atoms with Gasteiger partial charge >= 0.3 is 0 Å². The van der Waals surface area contributed by atoms with Crippen LogP contribution in [0.1, 0.15) is 45.0 Å². The van der Waals surface area contributed by atoms with Gasteiger partial charge in [0.05, 0.1) is 11.5 Å². The van der Waals surface area contributed by atoms with Gasteiger partial charge in [-0.2, -0.15) is 0 Å². The lowest BCUT2D eigenvalue weighted by Gasteiger charge is -2.39. The Morgan fingerprint density at radius 3 is 1.75 bits per heavy atom. The number of hydrogen-bond donors (Lipinski definition) is 1. The van der Waals surface area contributed by atoms with E-state index in [-0.39, 0.29) is 6.04 Å². The maximum atomic E-state index is 6.67.